The molecule has 0 radical (unpaired) electrons. The predicted molar refractivity (Wildman–Crippen MR) is 181 cm³/mol. The van der Waals surface area contributed by atoms with E-state index in [-0.39, 0.29) is 28.2 Å². The van der Waals surface area contributed by atoms with Crippen LogP contribution >= 0.6 is 9.90 Å². The minimum absolute atomic E-state index is 0. The van der Waals surface area contributed by atoms with E-state index in [9.17, 15) is 9.50 Å². The number of anilines is 1. The molecule has 3 heterocycles. The highest BCUT2D eigenvalue weighted by atomic mass is 31.0. The molecule has 0 amide bonds. The number of hydrogen-bond acceptors (Lipinski definition) is 6. The van der Waals surface area contributed by atoms with Gasteiger partial charge in [0.15, 0.2) is 0 Å². The maximum absolute atomic E-state index is 14.7. The fraction of sp³-hybridized carbons (Fsp3) is 0.441. The standard InChI is InChI=1S/C30H34FN5O2.2C2H6.H3P/c1-4-20(2)25(15-22-7-5-6-8-27(22)31)26(28-12-14-38-34-28)18-35(3)30-32-16-23-11-13-36(29(23)33-30)17-24(19-37)21-9-10-21;2*1-2;/h5-8,11-14,16,18,21,24,37H,4,9-10,15,17,19H2,1-3H3;2*1-2H3;1H3/b25-20?,26-18+;;;. The number of hydrogen-bond donors (Lipinski definition) is 1. The Morgan fingerprint density at radius 3 is 2.49 bits per heavy atom. The summed E-state index contributed by atoms with van der Waals surface area (Å²) in [6.45, 7) is 13.1. The Morgan fingerprint density at radius 2 is 1.88 bits per heavy atom. The second kappa shape index (κ2) is 17.7. The lowest BCUT2D eigenvalue weighted by Gasteiger charge is -2.19. The number of nitrogens with zero attached hydrogens (tertiary/aromatic N) is 5. The molecule has 2 atom stereocenters. The second-order valence-corrected chi connectivity index (χ2v) is 10.1. The summed E-state index contributed by atoms with van der Waals surface area (Å²) < 4.78 is 22.0. The van der Waals surface area contributed by atoms with Gasteiger partial charge in [-0.15, -0.1) is 0 Å². The Kier molecular flexibility index (Phi) is 14.7. The van der Waals surface area contributed by atoms with Gasteiger partial charge in [0, 0.05) is 68.2 Å². The van der Waals surface area contributed by atoms with E-state index >= 15 is 0 Å². The van der Waals surface area contributed by atoms with Crippen molar-refractivity contribution in [3.05, 3.63) is 89.5 Å². The summed E-state index contributed by atoms with van der Waals surface area (Å²) in [5, 5.41) is 15.1. The van der Waals surface area contributed by atoms with Crippen LogP contribution in [-0.4, -0.2) is 38.5 Å². The number of benzene rings is 1. The van der Waals surface area contributed by atoms with Gasteiger partial charge in [0.1, 0.15) is 23.4 Å². The molecule has 1 fully saturated rings. The van der Waals surface area contributed by atoms with Crippen molar-refractivity contribution in [1.82, 2.24) is 19.7 Å². The SMILES string of the molecule is CC.CC.CCC(C)=C(Cc1ccccc1F)/C(=C\N(C)c1ncc2ccn(CC(CO)C3CC3)c2n1)c1ccon1.P. The number of aromatic nitrogens is 4. The summed E-state index contributed by atoms with van der Waals surface area (Å²) in [5.41, 5.74) is 5.07. The summed E-state index contributed by atoms with van der Waals surface area (Å²) in [4.78, 5) is 11.4. The van der Waals surface area contributed by atoms with Crippen molar-refractivity contribution in [2.24, 2.45) is 11.8 Å². The maximum atomic E-state index is 14.7. The Labute approximate surface area is 259 Å². The summed E-state index contributed by atoms with van der Waals surface area (Å²) in [6, 6.07) is 10.7. The van der Waals surface area contributed by atoms with Gasteiger partial charge in [0.25, 0.3) is 0 Å². The number of allylic oxidation sites excluding steroid dienone is 3. The van der Waals surface area contributed by atoms with E-state index in [4.69, 9.17) is 9.51 Å². The van der Waals surface area contributed by atoms with E-state index in [1.165, 1.54) is 25.2 Å². The highest BCUT2D eigenvalue weighted by Gasteiger charge is 2.31. The predicted octanol–water partition coefficient (Wildman–Crippen LogP) is 8.13. The van der Waals surface area contributed by atoms with Gasteiger partial charge in [-0.05, 0) is 55.4 Å². The van der Waals surface area contributed by atoms with Gasteiger partial charge in [-0.25, -0.2) is 9.37 Å². The molecule has 0 aliphatic heterocycles. The molecule has 1 aliphatic rings. The summed E-state index contributed by atoms with van der Waals surface area (Å²) >= 11 is 0. The number of fused-ring (bicyclic) bond motifs is 1. The average molecular weight is 610 g/mol. The van der Waals surface area contributed by atoms with Crippen LogP contribution in [0.4, 0.5) is 10.3 Å². The third-order valence-electron chi connectivity index (χ3n) is 7.49. The van der Waals surface area contributed by atoms with Gasteiger partial charge >= 0.3 is 0 Å². The van der Waals surface area contributed by atoms with Gasteiger partial charge in [0.2, 0.25) is 5.95 Å². The van der Waals surface area contributed by atoms with E-state index in [0.717, 1.165) is 40.7 Å². The lowest BCUT2D eigenvalue weighted by Crippen LogP contribution is -2.17. The Morgan fingerprint density at radius 1 is 1.16 bits per heavy atom. The molecular formula is C34H49FN5O2P. The smallest absolute Gasteiger partial charge is 0.231 e. The molecule has 4 aromatic rings. The maximum Gasteiger partial charge on any atom is 0.231 e. The van der Waals surface area contributed by atoms with Crippen LogP contribution in [0.3, 0.4) is 0 Å². The molecule has 1 aromatic carbocycles. The molecule has 0 spiro atoms. The van der Waals surface area contributed by atoms with E-state index < -0.39 is 0 Å². The third kappa shape index (κ3) is 9.07. The first kappa shape index (κ1) is 35.8. The topological polar surface area (TPSA) is 80.2 Å². The van der Waals surface area contributed by atoms with Crippen molar-refractivity contribution in [2.45, 2.75) is 73.8 Å². The van der Waals surface area contributed by atoms with Crippen molar-refractivity contribution < 1.29 is 14.0 Å². The number of aliphatic hydroxyl groups is 1. The number of aliphatic hydroxyl groups excluding tert-OH is 1. The average Bonchev–Trinajstić information content (AvgIpc) is 3.57. The first-order valence-corrected chi connectivity index (χ1v) is 15.2. The molecule has 3 aromatic heterocycles. The normalized spacial score (nSPS) is 14.0. The molecule has 2 unspecified atom stereocenters. The molecule has 1 aliphatic carbocycles. The summed E-state index contributed by atoms with van der Waals surface area (Å²) in [5.74, 6) is 1.13. The summed E-state index contributed by atoms with van der Waals surface area (Å²) in [6.07, 6.45) is 10.9. The molecule has 0 bridgehead atoms. The van der Waals surface area contributed by atoms with Crippen LogP contribution in [0.25, 0.3) is 16.6 Å². The monoisotopic (exact) mass is 609 g/mol. The first-order valence-electron chi connectivity index (χ1n) is 15.2. The lowest BCUT2D eigenvalue weighted by atomic mass is 9.91. The van der Waals surface area contributed by atoms with Gasteiger partial charge in [-0.2, -0.15) is 14.9 Å². The van der Waals surface area contributed by atoms with Crippen LogP contribution in [0.15, 0.2) is 76.9 Å². The van der Waals surface area contributed by atoms with Crippen molar-refractivity contribution in [1.29, 1.82) is 0 Å². The van der Waals surface area contributed by atoms with Gasteiger partial charge in [0.05, 0.1) is 0 Å². The van der Waals surface area contributed by atoms with E-state index in [1.54, 1.807) is 6.07 Å². The third-order valence-corrected chi connectivity index (χ3v) is 7.49. The van der Waals surface area contributed by atoms with Crippen molar-refractivity contribution in [2.75, 3.05) is 18.6 Å². The van der Waals surface area contributed by atoms with Crippen LogP contribution in [0.5, 0.6) is 0 Å². The van der Waals surface area contributed by atoms with Crippen molar-refractivity contribution in [3.8, 4) is 0 Å². The molecule has 9 heteroatoms. The number of halogens is 1. The molecular weight excluding hydrogens is 560 g/mol. The summed E-state index contributed by atoms with van der Waals surface area (Å²) in [7, 11) is 1.90. The fourth-order valence-corrected chi connectivity index (χ4v) is 4.88. The van der Waals surface area contributed by atoms with Crippen molar-refractivity contribution in [3.63, 3.8) is 0 Å². The second-order valence-electron chi connectivity index (χ2n) is 10.1. The van der Waals surface area contributed by atoms with E-state index in [0.29, 0.717) is 29.5 Å². The first-order chi connectivity index (χ1) is 20.5. The molecule has 234 valence electrons. The molecule has 1 N–H and O–H groups in total. The molecule has 43 heavy (non-hydrogen) atoms. The van der Waals surface area contributed by atoms with Crippen LogP contribution in [0, 0.1) is 17.7 Å². The molecule has 0 saturated heterocycles. The zero-order valence-electron chi connectivity index (χ0n) is 26.8. The lowest BCUT2D eigenvalue weighted by molar-refractivity contribution is 0.194. The minimum atomic E-state index is -0.233. The number of rotatable bonds is 11. The van der Waals surface area contributed by atoms with Crippen LogP contribution in [-0.2, 0) is 13.0 Å². The fourth-order valence-electron chi connectivity index (χ4n) is 4.88. The van der Waals surface area contributed by atoms with Crippen LogP contribution in [0.1, 0.15) is 72.1 Å². The Bertz CT molecular complexity index is 1460. The van der Waals surface area contributed by atoms with Crippen LogP contribution < -0.4 is 4.90 Å². The Balaban J connectivity index is 0.00000124. The van der Waals surface area contributed by atoms with Gasteiger partial charge < -0.3 is 19.1 Å². The minimum Gasteiger partial charge on any atom is -0.396 e. The largest absolute Gasteiger partial charge is 0.396 e. The molecule has 1 saturated carbocycles. The van der Waals surface area contributed by atoms with Gasteiger partial charge in [-0.3, -0.25) is 0 Å². The zero-order chi connectivity index (χ0) is 30.6. The van der Waals surface area contributed by atoms with Crippen molar-refractivity contribution >= 4 is 32.5 Å². The highest BCUT2D eigenvalue weighted by Crippen LogP contribution is 2.38. The highest BCUT2D eigenvalue weighted by molar-refractivity contribution is 6.92. The van der Waals surface area contributed by atoms with Crippen LogP contribution in [0.2, 0.25) is 0 Å². The molecule has 5 rings (SSSR count). The molecule has 7 nitrogen and oxygen atoms in total. The quantitative estimate of drug-likeness (QED) is 0.137. The van der Waals surface area contributed by atoms with E-state index in [2.05, 4.69) is 28.6 Å². The Hall–Kier alpha value is -3.35. The van der Waals surface area contributed by atoms with E-state index in [1.807, 2.05) is 82.5 Å². The zero-order valence-corrected chi connectivity index (χ0v) is 28.3. The van der Waals surface area contributed by atoms with Gasteiger partial charge in [-0.1, -0.05) is 63.5 Å².